The fourth-order valence-electron chi connectivity index (χ4n) is 2.30. The number of rotatable bonds is 3. The molecule has 6 nitrogen and oxygen atoms in total. The van der Waals surface area contributed by atoms with E-state index >= 15 is 0 Å². The Morgan fingerprint density at radius 1 is 1.30 bits per heavy atom. The predicted octanol–water partition coefficient (Wildman–Crippen LogP) is 2.61. The van der Waals surface area contributed by atoms with Crippen molar-refractivity contribution in [3.63, 3.8) is 0 Å². The zero-order chi connectivity index (χ0) is 16.4. The number of hydrogen-bond donors (Lipinski definition) is 3. The molecule has 23 heavy (non-hydrogen) atoms. The third-order valence-electron chi connectivity index (χ3n) is 3.43. The number of carbonyl (C=O) groups excluding carboxylic acids is 2. The topological polar surface area (TPSA) is 90.8 Å². The van der Waals surface area contributed by atoms with Crippen LogP contribution >= 0.6 is 15.9 Å². The quantitative estimate of drug-likeness (QED) is 0.570. The number of carbonyl (C=O) groups is 2. The Hall–Kier alpha value is -2.67. The number of benzene rings is 2. The molecule has 0 aromatic heterocycles. The summed E-state index contributed by atoms with van der Waals surface area (Å²) in [5, 5.41) is 16.3. The maximum absolute atomic E-state index is 12.0. The lowest BCUT2D eigenvalue weighted by Gasteiger charge is -2.04. The number of hydrogen-bond acceptors (Lipinski definition) is 4. The van der Waals surface area contributed by atoms with Crippen LogP contribution < -0.4 is 10.7 Å². The Labute approximate surface area is 140 Å². The molecule has 3 rings (SSSR count). The Balaban J connectivity index is 1.73. The maximum Gasteiger partial charge on any atom is 0.275 e. The first-order valence-electron chi connectivity index (χ1n) is 6.78. The van der Waals surface area contributed by atoms with Gasteiger partial charge in [0.1, 0.15) is 11.7 Å². The molecule has 0 fully saturated rings. The summed E-state index contributed by atoms with van der Waals surface area (Å²) in [5.41, 5.74) is 3.95. The Kier molecular flexibility index (Phi) is 4.12. The highest BCUT2D eigenvalue weighted by Crippen LogP contribution is 2.30. The molecular formula is C16H12BrN3O3. The van der Waals surface area contributed by atoms with Gasteiger partial charge in [-0.15, -0.1) is 0 Å². The molecule has 7 heteroatoms. The fraction of sp³-hybridized carbons (Fsp3) is 0.0625. The van der Waals surface area contributed by atoms with Crippen molar-refractivity contribution in [3.8, 4) is 5.75 Å². The molecule has 1 aliphatic heterocycles. The molecule has 3 N–H and O–H groups in total. The summed E-state index contributed by atoms with van der Waals surface area (Å²) in [7, 11) is 0. The van der Waals surface area contributed by atoms with E-state index in [4.69, 9.17) is 0 Å². The van der Waals surface area contributed by atoms with Gasteiger partial charge in [0.05, 0.1) is 5.56 Å². The second-order valence-corrected chi connectivity index (χ2v) is 5.85. The summed E-state index contributed by atoms with van der Waals surface area (Å²) in [4.78, 5) is 23.9. The average molecular weight is 374 g/mol. The van der Waals surface area contributed by atoms with E-state index in [0.29, 0.717) is 4.47 Å². The lowest BCUT2D eigenvalue weighted by atomic mass is 10.0. The lowest BCUT2D eigenvalue weighted by molar-refractivity contribution is -0.115. The van der Waals surface area contributed by atoms with E-state index in [-0.39, 0.29) is 17.2 Å². The normalized spacial score (nSPS) is 16.2. The molecule has 1 heterocycles. The smallest absolute Gasteiger partial charge is 0.275 e. The summed E-state index contributed by atoms with van der Waals surface area (Å²) in [6.07, 6.45) is 1.37. The van der Waals surface area contributed by atoms with Crippen molar-refractivity contribution in [2.24, 2.45) is 5.10 Å². The van der Waals surface area contributed by atoms with Crippen molar-refractivity contribution >= 4 is 39.6 Å². The van der Waals surface area contributed by atoms with Crippen molar-refractivity contribution in [2.45, 2.75) is 5.92 Å². The first kappa shape index (κ1) is 15.2. The molecular weight excluding hydrogens is 362 g/mol. The van der Waals surface area contributed by atoms with Crippen molar-refractivity contribution in [1.82, 2.24) is 5.43 Å². The number of phenolic OH excluding ortho intramolecular Hbond substituents is 1. The van der Waals surface area contributed by atoms with Gasteiger partial charge in [-0.25, -0.2) is 5.43 Å². The largest absolute Gasteiger partial charge is 0.507 e. The standard InChI is InChI=1S/C16H12BrN3O3/c17-9-5-6-14(21)11(7-9)16(23)20-18-8-12-10-3-1-2-4-13(10)19-15(12)22/h1-8,12,21H,(H,19,22)(H,20,23)/b18-8+. The number of anilines is 1. The van der Waals surface area contributed by atoms with E-state index in [1.54, 1.807) is 12.1 Å². The molecule has 0 aliphatic carbocycles. The third kappa shape index (κ3) is 3.09. The highest BCUT2D eigenvalue weighted by atomic mass is 79.9. The minimum Gasteiger partial charge on any atom is -0.507 e. The Bertz CT molecular complexity index is 820. The van der Waals surface area contributed by atoms with Gasteiger partial charge in [0.2, 0.25) is 5.91 Å². The van der Waals surface area contributed by atoms with Crippen LogP contribution in [0, 0.1) is 0 Å². The van der Waals surface area contributed by atoms with Crippen LogP contribution in [-0.2, 0) is 4.79 Å². The molecule has 1 aliphatic rings. The van der Waals surface area contributed by atoms with Crippen LogP contribution in [0.15, 0.2) is 52.0 Å². The molecule has 2 amide bonds. The highest BCUT2D eigenvalue weighted by Gasteiger charge is 2.28. The van der Waals surface area contributed by atoms with Crippen LogP contribution in [-0.4, -0.2) is 23.1 Å². The number of hydrazone groups is 1. The molecule has 0 saturated heterocycles. The molecule has 0 saturated carbocycles. The SMILES string of the molecule is O=C(N/N=C/C1C(=O)Nc2ccccc21)c1cc(Br)ccc1O. The lowest BCUT2D eigenvalue weighted by Crippen LogP contribution is -2.20. The van der Waals surface area contributed by atoms with Crippen LogP contribution in [0.5, 0.6) is 5.75 Å². The van der Waals surface area contributed by atoms with E-state index < -0.39 is 11.8 Å². The number of amides is 2. The van der Waals surface area contributed by atoms with Gasteiger partial charge in [-0.05, 0) is 29.8 Å². The maximum atomic E-state index is 12.0. The van der Waals surface area contributed by atoms with E-state index in [1.165, 1.54) is 18.3 Å². The first-order chi connectivity index (χ1) is 11.1. The minimum absolute atomic E-state index is 0.0906. The molecule has 2 aromatic carbocycles. The second-order valence-electron chi connectivity index (χ2n) is 4.93. The molecule has 1 unspecified atom stereocenters. The van der Waals surface area contributed by atoms with Gasteiger partial charge in [-0.2, -0.15) is 5.10 Å². The van der Waals surface area contributed by atoms with Gasteiger partial charge in [0, 0.05) is 16.4 Å². The van der Waals surface area contributed by atoms with Crippen molar-refractivity contribution in [3.05, 3.63) is 58.1 Å². The van der Waals surface area contributed by atoms with E-state index in [9.17, 15) is 14.7 Å². The van der Waals surface area contributed by atoms with Gasteiger partial charge < -0.3 is 10.4 Å². The van der Waals surface area contributed by atoms with Crippen LogP contribution in [0.4, 0.5) is 5.69 Å². The second kappa shape index (κ2) is 6.21. The third-order valence-corrected chi connectivity index (χ3v) is 3.92. The van der Waals surface area contributed by atoms with Crippen LogP contribution in [0.1, 0.15) is 21.8 Å². The van der Waals surface area contributed by atoms with Crippen molar-refractivity contribution in [1.29, 1.82) is 0 Å². The highest BCUT2D eigenvalue weighted by molar-refractivity contribution is 9.10. The monoisotopic (exact) mass is 373 g/mol. The number of fused-ring (bicyclic) bond motifs is 1. The number of phenols is 1. The summed E-state index contributed by atoms with van der Waals surface area (Å²) in [6.45, 7) is 0. The predicted molar refractivity (Wildman–Crippen MR) is 89.6 cm³/mol. The van der Waals surface area contributed by atoms with Gasteiger partial charge in [0.25, 0.3) is 5.91 Å². The number of nitrogens with zero attached hydrogens (tertiary/aromatic N) is 1. The zero-order valence-corrected chi connectivity index (χ0v) is 13.4. The van der Waals surface area contributed by atoms with E-state index in [1.807, 2.05) is 18.2 Å². The molecule has 116 valence electrons. The van der Waals surface area contributed by atoms with Gasteiger partial charge in [-0.3, -0.25) is 9.59 Å². The fourth-order valence-corrected chi connectivity index (χ4v) is 2.66. The summed E-state index contributed by atoms with van der Waals surface area (Å²) >= 11 is 3.23. The number of halogens is 1. The van der Waals surface area contributed by atoms with Crippen LogP contribution in [0.3, 0.4) is 0 Å². The summed E-state index contributed by atoms with van der Waals surface area (Å²) in [6, 6.07) is 11.8. The molecule has 0 radical (unpaired) electrons. The molecule has 0 spiro atoms. The Morgan fingerprint density at radius 3 is 2.91 bits per heavy atom. The molecule has 1 atom stereocenters. The van der Waals surface area contributed by atoms with Gasteiger partial charge in [-0.1, -0.05) is 34.1 Å². The van der Waals surface area contributed by atoms with Gasteiger partial charge in [0.15, 0.2) is 0 Å². The van der Waals surface area contributed by atoms with Crippen LogP contribution in [0.2, 0.25) is 0 Å². The molecule has 2 aromatic rings. The first-order valence-corrected chi connectivity index (χ1v) is 7.57. The Morgan fingerprint density at radius 2 is 2.09 bits per heavy atom. The van der Waals surface area contributed by atoms with Crippen molar-refractivity contribution in [2.75, 3.05) is 5.32 Å². The average Bonchev–Trinajstić information content (AvgIpc) is 2.85. The van der Waals surface area contributed by atoms with Crippen LogP contribution in [0.25, 0.3) is 0 Å². The number of nitrogens with one attached hydrogen (secondary N) is 2. The number of para-hydroxylation sites is 1. The zero-order valence-electron chi connectivity index (χ0n) is 11.8. The number of aromatic hydroxyl groups is 1. The van der Waals surface area contributed by atoms with Crippen molar-refractivity contribution < 1.29 is 14.7 Å². The minimum atomic E-state index is -0.563. The van der Waals surface area contributed by atoms with E-state index in [2.05, 4.69) is 31.8 Å². The van der Waals surface area contributed by atoms with E-state index in [0.717, 1.165) is 11.3 Å². The molecule has 0 bridgehead atoms. The summed E-state index contributed by atoms with van der Waals surface area (Å²) in [5.74, 6) is -1.46. The summed E-state index contributed by atoms with van der Waals surface area (Å²) < 4.78 is 0.661. The van der Waals surface area contributed by atoms with Gasteiger partial charge >= 0.3 is 0 Å².